The van der Waals surface area contributed by atoms with Crippen LogP contribution in [0.25, 0.3) is 0 Å². The third kappa shape index (κ3) is 5.31. The minimum absolute atomic E-state index is 0.0710. The van der Waals surface area contributed by atoms with Gasteiger partial charge in [0.2, 0.25) is 5.91 Å². The molecule has 1 N–H and O–H groups in total. The molecule has 0 unspecified atom stereocenters. The van der Waals surface area contributed by atoms with E-state index >= 15 is 0 Å². The fourth-order valence-electron chi connectivity index (χ4n) is 1.60. The molecule has 0 heterocycles. The maximum Gasteiger partial charge on any atom is 0.294 e. The molecule has 0 aliphatic rings. The van der Waals surface area contributed by atoms with E-state index < -0.39 is 30.5 Å². The zero-order chi connectivity index (χ0) is 16.4. The van der Waals surface area contributed by atoms with Gasteiger partial charge in [-0.3, -0.25) is 14.9 Å². The van der Waals surface area contributed by atoms with E-state index in [0.717, 1.165) is 18.2 Å². The number of nitrogens with one attached hydrogen (secondary N) is 1. The lowest BCUT2D eigenvalue weighted by molar-refractivity contribution is -0.384. The molecule has 0 saturated heterocycles. The molecule has 0 aliphatic heterocycles. The number of anilines is 1. The molecule has 7 nitrogen and oxygen atoms in total. The minimum Gasteiger partial charge on any atom is -0.320 e. The van der Waals surface area contributed by atoms with E-state index in [1.807, 2.05) is 20.8 Å². The monoisotopic (exact) mass is 334 g/mol. The van der Waals surface area contributed by atoms with Crippen molar-refractivity contribution in [2.24, 2.45) is 5.41 Å². The van der Waals surface area contributed by atoms with Crippen LogP contribution >= 0.6 is 10.7 Å². The molecule has 1 amide bonds. The first kappa shape index (κ1) is 17.4. The Kier molecular flexibility index (Phi) is 4.95. The molecule has 0 spiro atoms. The van der Waals surface area contributed by atoms with Gasteiger partial charge in [0.1, 0.15) is 5.69 Å². The fourth-order valence-corrected chi connectivity index (χ4v) is 2.37. The van der Waals surface area contributed by atoms with Crippen molar-refractivity contribution in [1.29, 1.82) is 0 Å². The second-order valence-corrected chi connectivity index (χ2v) is 8.23. The van der Waals surface area contributed by atoms with Crippen LogP contribution in [0.3, 0.4) is 0 Å². The molecule has 116 valence electrons. The number of rotatable bonds is 4. The number of hydrogen-bond donors (Lipinski definition) is 1. The van der Waals surface area contributed by atoms with Crippen LogP contribution in [0.4, 0.5) is 11.4 Å². The summed E-state index contributed by atoms with van der Waals surface area (Å²) in [7, 11) is 1.06. The van der Waals surface area contributed by atoms with Crippen molar-refractivity contribution >= 4 is 37.0 Å². The van der Waals surface area contributed by atoms with E-state index in [9.17, 15) is 23.3 Å². The van der Waals surface area contributed by atoms with Crippen LogP contribution in [0, 0.1) is 15.5 Å². The van der Waals surface area contributed by atoms with E-state index in [1.54, 1.807) is 0 Å². The highest BCUT2D eigenvalue weighted by Crippen LogP contribution is 2.30. The van der Waals surface area contributed by atoms with Gasteiger partial charge in [0, 0.05) is 23.2 Å². The van der Waals surface area contributed by atoms with Gasteiger partial charge in [-0.05, 0) is 17.5 Å². The number of amides is 1. The van der Waals surface area contributed by atoms with Crippen molar-refractivity contribution < 1.29 is 18.1 Å². The third-order valence-corrected chi connectivity index (χ3v) is 3.76. The van der Waals surface area contributed by atoms with Crippen LogP contribution in [0.5, 0.6) is 0 Å². The van der Waals surface area contributed by atoms with E-state index in [4.69, 9.17) is 10.7 Å². The van der Waals surface area contributed by atoms with E-state index in [2.05, 4.69) is 5.32 Å². The Hall–Kier alpha value is -1.67. The highest BCUT2D eigenvalue weighted by molar-refractivity contribution is 8.13. The van der Waals surface area contributed by atoms with Gasteiger partial charge in [-0.15, -0.1) is 0 Å². The van der Waals surface area contributed by atoms with Gasteiger partial charge in [0.25, 0.3) is 14.7 Å². The topological polar surface area (TPSA) is 106 Å². The van der Waals surface area contributed by atoms with Gasteiger partial charge < -0.3 is 5.32 Å². The van der Waals surface area contributed by atoms with Gasteiger partial charge in [-0.25, -0.2) is 8.42 Å². The van der Waals surface area contributed by atoms with Gasteiger partial charge in [-0.2, -0.15) is 0 Å². The average molecular weight is 335 g/mol. The first-order chi connectivity index (χ1) is 9.40. The molecule has 0 bridgehead atoms. The van der Waals surface area contributed by atoms with Crippen LogP contribution in [0.1, 0.15) is 27.2 Å². The molecular weight excluding hydrogens is 320 g/mol. The second kappa shape index (κ2) is 5.98. The summed E-state index contributed by atoms with van der Waals surface area (Å²) in [6, 6.07) is 3.06. The summed E-state index contributed by atoms with van der Waals surface area (Å²) in [4.78, 5) is 21.6. The van der Waals surface area contributed by atoms with Crippen LogP contribution < -0.4 is 5.32 Å². The van der Waals surface area contributed by atoms with Crippen LogP contribution in [0.2, 0.25) is 0 Å². The van der Waals surface area contributed by atoms with Crippen molar-refractivity contribution in [3.05, 3.63) is 28.3 Å². The Morgan fingerprint density at radius 1 is 1.38 bits per heavy atom. The highest BCUT2D eigenvalue weighted by Gasteiger charge is 2.22. The molecule has 0 saturated carbocycles. The van der Waals surface area contributed by atoms with Crippen molar-refractivity contribution in [2.75, 3.05) is 5.32 Å². The zero-order valence-corrected chi connectivity index (χ0v) is 13.3. The lowest BCUT2D eigenvalue weighted by Crippen LogP contribution is -2.20. The largest absolute Gasteiger partial charge is 0.320 e. The molecule has 21 heavy (non-hydrogen) atoms. The Labute approximate surface area is 126 Å². The summed E-state index contributed by atoms with van der Waals surface area (Å²) in [6.45, 7) is 5.55. The predicted octanol–water partition coefficient (Wildman–Crippen LogP) is 2.90. The second-order valence-electron chi connectivity index (χ2n) is 5.66. The Bertz CT molecular complexity index is 679. The molecule has 9 heteroatoms. The summed E-state index contributed by atoms with van der Waals surface area (Å²) < 4.78 is 22.4. The van der Waals surface area contributed by atoms with Gasteiger partial charge in [0.05, 0.1) is 9.82 Å². The fraction of sp³-hybridized carbons (Fsp3) is 0.417. The maximum absolute atomic E-state index is 11.8. The maximum atomic E-state index is 11.8. The normalized spacial score (nSPS) is 12.0. The summed E-state index contributed by atoms with van der Waals surface area (Å²) >= 11 is 0. The standard InChI is InChI=1S/C12H15ClN2O5S/c1-12(2,3)7-11(16)14-9-5-4-8(21(13,19)20)6-10(9)15(17)18/h4-6H,7H2,1-3H3,(H,14,16). The average Bonchev–Trinajstić information content (AvgIpc) is 2.24. The molecule has 0 atom stereocenters. The minimum atomic E-state index is -4.08. The third-order valence-electron chi connectivity index (χ3n) is 2.41. The summed E-state index contributed by atoms with van der Waals surface area (Å²) in [5.74, 6) is -0.396. The van der Waals surface area contributed by atoms with E-state index in [1.165, 1.54) is 0 Å². The van der Waals surface area contributed by atoms with E-state index in [-0.39, 0.29) is 17.5 Å². The van der Waals surface area contributed by atoms with Crippen molar-refractivity contribution in [1.82, 2.24) is 0 Å². The summed E-state index contributed by atoms with van der Waals surface area (Å²) in [6.07, 6.45) is 0.166. The van der Waals surface area contributed by atoms with Gasteiger partial charge >= 0.3 is 0 Å². The lowest BCUT2D eigenvalue weighted by atomic mass is 9.92. The number of carbonyl (C=O) groups is 1. The highest BCUT2D eigenvalue weighted by atomic mass is 35.7. The number of nitro benzene ring substituents is 1. The SMILES string of the molecule is CC(C)(C)CC(=O)Nc1ccc(S(=O)(=O)Cl)cc1[N+](=O)[O-]. The number of benzene rings is 1. The number of hydrogen-bond acceptors (Lipinski definition) is 5. The molecule has 1 aromatic rings. The van der Waals surface area contributed by atoms with Gasteiger partial charge in [0.15, 0.2) is 0 Å². The molecule has 0 aliphatic carbocycles. The smallest absolute Gasteiger partial charge is 0.294 e. The Morgan fingerprint density at radius 3 is 2.38 bits per heavy atom. The lowest BCUT2D eigenvalue weighted by Gasteiger charge is -2.17. The predicted molar refractivity (Wildman–Crippen MR) is 78.8 cm³/mol. The number of carbonyl (C=O) groups excluding carboxylic acids is 1. The van der Waals surface area contributed by atoms with Crippen molar-refractivity contribution in [3.8, 4) is 0 Å². The van der Waals surface area contributed by atoms with Crippen molar-refractivity contribution in [3.63, 3.8) is 0 Å². The zero-order valence-electron chi connectivity index (χ0n) is 11.7. The molecular formula is C12H15ClN2O5S. The van der Waals surface area contributed by atoms with Crippen molar-refractivity contribution in [2.45, 2.75) is 32.1 Å². The molecule has 1 aromatic carbocycles. The van der Waals surface area contributed by atoms with E-state index in [0.29, 0.717) is 0 Å². The first-order valence-electron chi connectivity index (χ1n) is 5.93. The van der Waals surface area contributed by atoms with Crippen LogP contribution in [-0.4, -0.2) is 19.2 Å². The summed E-state index contributed by atoms with van der Waals surface area (Å²) in [5.41, 5.74) is -0.879. The van der Waals surface area contributed by atoms with Crippen LogP contribution in [-0.2, 0) is 13.8 Å². The Balaban J connectivity index is 3.14. The van der Waals surface area contributed by atoms with Gasteiger partial charge in [-0.1, -0.05) is 20.8 Å². The molecule has 0 radical (unpaired) electrons. The molecule has 1 rings (SSSR count). The number of nitrogens with zero attached hydrogens (tertiary/aromatic N) is 1. The number of nitro groups is 1. The van der Waals surface area contributed by atoms with Crippen LogP contribution in [0.15, 0.2) is 23.1 Å². The first-order valence-corrected chi connectivity index (χ1v) is 8.24. The summed E-state index contributed by atoms with van der Waals surface area (Å²) in [5, 5.41) is 13.4. The number of halogens is 1. The quantitative estimate of drug-likeness (QED) is 0.517. The molecule has 0 aromatic heterocycles. The molecule has 0 fully saturated rings. The Morgan fingerprint density at radius 2 is 1.95 bits per heavy atom.